The molecule has 0 N–H and O–H groups in total. The highest BCUT2D eigenvalue weighted by Crippen LogP contribution is 2.63. The molecule has 0 saturated heterocycles. The van der Waals surface area contributed by atoms with Crippen LogP contribution in [0.4, 0.5) is 0 Å². The minimum Gasteiger partial charge on any atom is -0.295 e. The fraction of sp³-hybridized carbons (Fsp3) is 0.737. The van der Waals surface area contributed by atoms with Crippen LogP contribution >= 0.6 is 0 Å². The molecule has 2 fully saturated rings. The molecule has 4 aliphatic rings. The van der Waals surface area contributed by atoms with Crippen LogP contribution in [-0.2, 0) is 4.79 Å². The van der Waals surface area contributed by atoms with Crippen molar-refractivity contribution in [2.24, 2.45) is 28.6 Å². The molecule has 1 heteroatoms. The number of ketones is 1. The van der Waals surface area contributed by atoms with Crippen LogP contribution in [0, 0.1) is 28.6 Å². The highest BCUT2D eigenvalue weighted by atomic mass is 16.1. The predicted molar refractivity (Wildman–Crippen MR) is 81.2 cm³/mol. The van der Waals surface area contributed by atoms with Crippen molar-refractivity contribution in [3.63, 3.8) is 0 Å². The van der Waals surface area contributed by atoms with Gasteiger partial charge in [-0.3, -0.25) is 4.79 Å². The first-order chi connectivity index (χ1) is 9.55. The van der Waals surface area contributed by atoms with Gasteiger partial charge in [0.05, 0.1) is 0 Å². The van der Waals surface area contributed by atoms with E-state index in [9.17, 15) is 4.79 Å². The average molecular weight is 270 g/mol. The molecular weight excluding hydrogens is 244 g/mol. The molecule has 0 aliphatic heterocycles. The molecule has 0 aromatic rings. The highest BCUT2D eigenvalue weighted by Gasteiger charge is 2.57. The van der Waals surface area contributed by atoms with E-state index in [-0.39, 0.29) is 5.41 Å². The summed E-state index contributed by atoms with van der Waals surface area (Å²) in [6, 6.07) is 0. The van der Waals surface area contributed by atoms with Crippen LogP contribution in [0.1, 0.15) is 58.8 Å². The van der Waals surface area contributed by atoms with E-state index in [1.807, 2.05) is 6.08 Å². The van der Waals surface area contributed by atoms with E-state index >= 15 is 0 Å². The molecule has 0 unspecified atom stereocenters. The maximum Gasteiger partial charge on any atom is 0.159 e. The van der Waals surface area contributed by atoms with E-state index in [0.717, 1.165) is 0 Å². The third-order valence-corrected chi connectivity index (χ3v) is 7.28. The Morgan fingerprint density at radius 3 is 2.80 bits per heavy atom. The van der Waals surface area contributed by atoms with Crippen molar-refractivity contribution >= 4 is 5.78 Å². The van der Waals surface area contributed by atoms with E-state index < -0.39 is 0 Å². The second-order valence-corrected chi connectivity index (χ2v) is 8.18. The number of hydrogen-bond acceptors (Lipinski definition) is 1. The third-order valence-electron chi connectivity index (χ3n) is 7.28. The van der Waals surface area contributed by atoms with Crippen molar-refractivity contribution < 1.29 is 4.79 Å². The molecule has 0 aromatic carbocycles. The van der Waals surface area contributed by atoms with Gasteiger partial charge >= 0.3 is 0 Å². The van der Waals surface area contributed by atoms with Crippen LogP contribution in [-0.4, -0.2) is 5.78 Å². The second-order valence-electron chi connectivity index (χ2n) is 8.18. The van der Waals surface area contributed by atoms with Crippen LogP contribution < -0.4 is 0 Å². The number of carbonyl (C=O) groups excluding carboxylic acids is 1. The van der Waals surface area contributed by atoms with Crippen LogP contribution in [0.5, 0.6) is 0 Å². The summed E-state index contributed by atoms with van der Waals surface area (Å²) in [6.07, 6.45) is 15.5. The molecule has 0 bridgehead atoms. The van der Waals surface area contributed by atoms with Crippen LogP contribution in [0.3, 0.4) is 0 Å². The molecule has 4 rings (SSSR count). The lowest BCUT2D eigenvalue weighted by molar-refractivity contribution is -0.131. The van der Waals surface area contributed by atoms with Gasteiger partial charge in [-0.2, -0.15) is 0 Å². The van der Waals surface area contributed by atoms with Crippen LogP contribution in [0.25, 0.3) is 0 Å². The monoisotopic (exact) mass is 270 g/mol. The molecular formula is C19H26O. The molecule has 0 radical (unpaired) electrons. The summed E-state index contributed by atoms with van der Waals surface area (Å²) in [4.78, 5) is 12.8. The first-order valence-corrected chi connectivity index (χ1v) is 8.47. The van der Waals surface area contributed by atoms with Gasteiger partial charge in [0.25, 0.3) is 0 Å². The predicted octanol–water partition coefficient (Wildman–Crippen LogP) is 4.68. The third kappa shape index (κ3) is 1.53. The van der Waals surface area contributed by atoms with E-state index in [1.165, 1.54) is 50.5 Å². The number of hydrogen-bond donors (Lipinski definition) is 0. The van der Waals surface area contributed by atoms with Crippen molar-refractivity contribution in [2.75, 3.05) is 0 Å². The summed E-state index contributed by atoms with van der Waals surface area (Å²) in [5.74, 6) is 2.05. The van der Waals surface area contributed by atoms with Gasteiger partial charge in [-0.1, -0.05) is 32.4 Å². The first kappa shape index (κ1) is 12.9. The van der Waals surface area contributed by atoms with Gasteiger partial charge in [-0.25, -0.2) is 0 Å². The van der Waals surface area contributed by atoms with Gasteiger partial charge in [0.2, 0.25) is 0 Å². The molecule has 108 valence electrons. The largest absolute Gasteiger partial charge is 0.295 e. The Balaban J connectivity index is 1.80. The van der Waals surface area contributed by atoms with Gasteiger partial charge in [-0.05, 0) is 72.8 Å². The maximum atomic E-state index is 12.8. The molecule has 0 heterocycles. The van der Waals surface area contributed by atoms with Crippen LogP contribution in [0.15, 0.2) is 23.8 Å². The summed E-state index contributed by atoms with van der Waals surface area (Å²) in [5.41, 5.74) is 2.07. The van der Waals surface area contributed by atoms with E-state index in [2.05, 4.69) is 26.0 Å². The van der Waals surface area contributed by atoms with Crippen molar-refractivity contribution in [3.05, 3.63) is 23.8 Å². The standard InChI is InChI=1S/C19H26O/c1-18-9-5-7-14(18)17-15(8-11-18)19(2)10-4-3-6-13(19)12-16(17)20/h3,6,12,14-15,17H,4-5,7-11H2,1-2H3/t14-,15+,17-,18-,19-/m0/s1. The quantitative estimate of drug-likeness (QED) is 0.624. The molecule has 0 amide bonds. The Bertz CT molecular complexity index is 514. The molecule has 20 heavy (non-hydrogen) atoms. The normalized spacial score (nSPS) is 50.2. The minimum atomic E-state index is 0.275. The highest BCUT2D eigenvalue weighted by molar-refractivity contribution is 5.95. The lowest BCUT2D eigenvalue weighted by Crippen LogP contribution is -2.51. The van der Waals surface area contributed by atoms with Gasteiger partial charge in [-0.15, -0.1) is 0 Å². The fourth-order valence-corrected chi connectivity index (χ4v) is 6.03. The Hall–Kier alpha value is -0.850. The fourth-order valence-electron chi connectivity index (χ4n) is 6.03. The van der Waals surface area contributed by atoms with Gasteiger partial charge in [0.15, 0.2) is 5.78 Å². The summed E-state index contributed by atoms with van der Waals surface area (Å²) in [6.45, 7) is 4.89. The zero-order valence-corrected chi connectivity index (χ0v) is 12.8. The number of fused-ring (bicyclic) bond motifs is 5. The summed E-state index contributed by atoms with van der Waals surface area (Å²) in [7, 11) is 0. The van der Waals surface area contributed by atoms with Crippen molar-refractivity contribution in [1.82, 2.24) is 0 Å². The van der Waals surface area contributed by atoms with E-state index in [0.29, 0.717) is 29.0 Å². The summed E-state index contributed by atoms with van der Waals surface area (Å²) in [5, 5.41) is 0. The summed E-state index contributed by atoms with van der Waals surface area (Å²) >= 11 is 0. The van der Waals surface area contributed by atoms with E-state index in [1.54, 1.807) is 0 Å². The lowest BCUT2D eigenvalue weighted by Gasteiger charge is -2.55. The van der Waals surface area contributed by atoms with Crippen LogP contribution in [0.2, 0.25) is 0 Å². The number of carbonyl (C=O) groups is 1. The Kier molecular flexibility index (Phi) is 2.63. The molecule has 4 aliphatic carbocycles. The topological polar surface area (TPSA) is 17.1 Å². The van der Waals surface area contributed by atoms with E-state index in [4.69, 9.17) is 0 Å². The Morgan fingerprint density at radius 2 is 1.95 bits per heavy atom. The lowest BCUT2D eigenvalue weighted by atomic mass is 9.48. The van der Waals surface area contributed by atoms with Crippen molar-refractivity contribution in [2.45, 2.75) is 58.8 Å². The maximum absolute atomic E-state index is 12.8. The Morgan fingerprint density at radius 1 is 1.10 bits per heavy atom. The zero-order chi connectivity index (χ0) is 14.0. The van der Waals surface area contributed by atoms with Crippen molar-refractivity contribution in [3.8, 4) is 0 Å². The molecule has 5 atom stereocenters. The SMILES string of the molecule is C[C@@]12CCC[C@H]1[C@@H]1C(=O)C=C3C=CCC[C@]3(C)[C@@H]1CC2. The zero-order valence-electron chi connectivity index (χ0n) is 12.8. The first-order valence-electron chi connectivity index (χ1n) is 8.47. The number of rotatable bonds is 0. The molecule has 0 aromatic heterocycles. The molecule has 2 saturated carbocycles. The smallest absolute Gasteiger partial charge is 0.159 e. The average Bonchev–Trinajstić information content (AvgIpc) is 2.81. The Labute approximate surface area is 122 Å². The summed E-state index contributed by atoms with van der Waals surface area (Å²) < 4.78 is 0. The second kappa shape index (κ2) is 4.08. The molecule has 1 nitrogen and oxygen atoms in total. The number of allylic oxidation sites excluding steroid dienone is 4. The van der Waals surface area contributed by atoms with Gasteiger partial charge in [0.1, 0.15) is 0 Å². The minimum absolute atomic E-state index is 0.275. The van der Waals surface area contributed by atoms with Crippen molar-refractivity contribution in [1.29, 1.82) is 0 Å². The van der Waals surface area contributed by atoms with Gasteiger partial charge < -0.3 is 0 Å². The van der Waals surface area contributed by atoms with Gasteiger partial charge in [0, 0.05) is 5.92 Å². The molecule has 0 spiro atoms.